The van der Waals surface area contributed by atoms with Crippen molar-refractivity contribution in [3.05, 3.63) is 29.7 Å². The number of nitrogens with zero attached hydrogens (tertiary/aromatic N) is 1. The third-order valence-electron chi connectivity index (χ3n) is 2.77. The molecule has 0 saturated heterocycles. The smallest absolute Gasteiger partial charge is 0.198 e. The van der Waals surface area contributed by atoms with Crippen LogP contribution in [0.3, 0.4) is 0 Å². The zero-order valence-corrected chi connectivity index (χ0v) is 11.2. The van der Waals surface area contributed by atoms with E-state index in [1.165, 1.54) is 5.56 Å². The van der Waals surface area contributed by atoms with E-state index in [2.05, 4.69) is 36.3 Å². The van der Waals surface area contributed by atoms with E-state index in [0.29, 0.717) is 5.92 Å². The minimum atomic E-state index is 0.320. The first-order valence-electron chi connectivity index (χ1n) is 6.29. The molecule has 1 aromatic heterocycles. The van der Waals surface area contributed by atoms with Crippen LogP contribution in [0.2, 0.25) is 0 Å². The highest BCUT2D eigenvalue weighted by Gasteiger charge is 2.09. The molecule has 0 radical (unpaired) electrons. The Morgan fingerprint density at radius 3 is 2.94 bits per heavy atom. The van der Waals surface area contributed by atoms with Gasteiger partial charge in [0, 0.05) is 26.1 Å². The Kier molecular flexibility index (Phi) is 4.33. The number of rotatable bonds is 6. The maximum absolute atomic E-state index is 5.68. The number of fused-ring (bicyclic) bond motifs is 1. The molecule has 0 aliphatic carbocycles. The van der Waals surface area contributed by atoms with Crippen molar-refractivity contribution < 1.29 is 9.15 Å². The highest BCUT2D eigenvalue weighted by molar-refractivity contribution is 5.73. The molecule has 0 amide bonds. The normalized spacial score (nSPS) is 11.6. The van der Waals surface area contributed by atoms with Gasteiger partial charge in [-0.1, -0.05) is 19.9 Å². The number of nitrogens with one attached hydrogen (secondary N) is 1. The van der Waals surface area contributed by atoms with Gasteiger partial charge >= 0.3 is 0 Å². The van der Waals surface area contributed by atoms with E-state index in [1.54, 1.807) is 7.11 Å². The number of hydrogen-bond donors (Lipinski definition) is 1. The SMILES string of the molecule is COCCNCc1ccc2oc(C(C)C)nc2c1. The summed E-state index contributed by atoms with van der Waals surface area (Å²) in [6.07, 6.45) is 0. The molecule has 0 aliphatic heterocycles. The fourth-order valence-corrected chi connectivity index (χ4v) is 1.75. The molecule has 0 saturated carbocycles. The molecule has 98 valence electrons. The Morgan fingerprint density at radius 2 is 2.22 bits per heavy atom. The van der Waals surface area contributed by atoms with Crippen LogP contribution in [-0.2, 0) is 11.3 Å². The van der Waals surface area contributed by atoms with E-state index in [4.69, 9.17) is 9.15 Å². The Morgan fingerprint density at radius 1 is 1.39 bits per heavy atom. The molecule has 0 fully saturated rings. The monoisotopic (exact) mass is 248 g/mol. The summed E-state index contributed by atoms with van der Waals surface area (Å²) in [6.45, 7) is 6.56. The lowest BCUT2D eigenvalue weighted by Crippen LogP contribution is -2.18. The molecule has 0 unspecified atom stereocenters. The second-order valence-electron chi connectivity index (χ2n) is 4.68. The molecule has 1 heterocycles. The predicted octanol–water partition coefficient (Wildman–Crippen LogP) is 2.69. The van der Waals surface area contributed by atoms with Crippen molar-refractivity contribution >= 4 is 11.1 Å². The minimum Gasteiger partial charge on any atom is -0.440 e. The number of hydrogen-bond acceptors (Lipinski definition) is 4. The molecule has 1 aromatic carbocycles. The third-order valence-corrected chi connectivity index (χ3v) is 2.77. The highest BCUT2D eigenvalue weighted by Crippen LogP contribution is 2.21. The van der Waals surface area contributed by atoms with Gasteiger partial charge in [0.1, 0.15) is 5.52 Å². The lowest BCUT2D eigenvalue weighted by atomic mass is 10.2. The molecule has 2 rings (SSSR count). The Labute approximate surface area is 107 Å². The van der Waals surface area contributed by atoms with Crippen LogP contribution in [0.15, 0.2) is 22.6 Å². The Hall–Kier alpha value is -1.39. The first-order valence-corrected chi connectivity index (χ1v) is 6.29. The van der Waals surface area contributed by atoms with Crippen LogP contribution < -0.4 is 5.32 Å². The molecule has 1 N–H and O–H groups in total. The second-order valence-corrected chi connectivity index (χ2v) is 4.68. The van der Waals surface area contributed by atoms with Crippen LogP contribution in [0.1, 0.15) is 31.2 Å². The van der Waals surface area contributed by atoms with E-state index in [0.717, 1.165) is 36.7 Å². The summed E-state index contributed by atoms with van der Waals surface area (Å²) in [5.74, 6) is 1.12. The van der Waals surface area contributed by atoms with Gasteiger partial charge in [-0.25, -0.2) is 4.98 Å². The van der Waals surface area contributed by atoms with Gasteiger partial charge in [-0.3, -0.25) is 0 Å². The van der Waals surface area contributed by atoms with Gasteiger partial charge in [-0.05, 0) is 17.7 Å². The first-order chi connectivity index (χ1) is 8.70. The maximum atomic E-state index is 5.68. The van der Waals surface area contributed by atoms with Crippen molar-refractivity contribution in [3.63, 3.8) is 0 Å². The fraction of sp³-hybridized carbons (Fsp3) is 0.500. The fourth-order valence-electron chi connectivity index (χ4n) is 1.75. The van der Waals surface area contributed by atoms with Crippen molar-refractivity contribution in [2.24, 2.45) is 0 Å². The lowest BCUT2D eigenvalue weighted by molar-refractivity contribution is 0.199. The Bertz CT molecular complexity index is 505. The van der Waals surface area contributed by atoms with Gasteiger partial charge in [-0.2, -0.15) is 0 Å². The van der Waals surface area contributed by atoms with Crippen molar-refractivity contribution in [2.75, 3.05) is 20.3 Å². The molecule has 4 nitrogen and oxygen atoms in total. The average molecular weight is 248 g/mol. The minimum absolute atomic E-state index is 0.320. The van der Waals surface area contributed by atoms with Gasteiger partial charge < -0.3 is 14.5 Å². The highest BCUT2D eigenvalue weighted by atomic mass is 16.5. The maximum Gasteiger partial charge on any atom is 0.198 e. The van der Waals surface area contributed by atoms with Gasteiger partial charge in [0.25, 0.3) is 0 Å². The van der Waals surface area contributed by atoms with Crippen LogP contribution in [0.25, 0.3) is 11.1 Å². The molecule has 2 aromatic rings. The Balaban J connectivity index is 2.07. The molecular weight excluding hydrogens is 228 g/mol. The first kappa shape index (κ1) is 13.1. The van der Waals surface area contributed by atoms with E-state index < -0.39 is 0 Å². The van der Waals surface area contributed by atoms with Gasteiger partial charge in [0.15, 0.2) is 11.5 Å². The molecule has 4 heteroatoms. The topological polar surface area (TPSA) is 47.3 Å². The summed E-state index contributed by atoms with van der Waals surface area (Å²) in [4.78, 5) is 4.50. The number of aromatic nitrogens is 1. The summed E-state index contributed by atoms with van der Waals surface area (Å²) in [5, 5.41) is 3.31. The summed E-state index contributed by atoms with van der Waals surface area (Å²) in [5.41, 5.74) is 3.01. The molecular formula is C14H20N2O2. The standard InChI is InChI=1S/C14H20N2O2/c1-10(2)14-16-12-8-11(4-5-13(12)18-14)9-15-6-7-17-3/h4-5,8,10,15H,6-7,9H2,1-3H3. The zero-order valence-electron chi connectivity index (χ0n) is 11.2. The van der Waals surface area contributed by atoms with Crippen LogP contribution in [0, 0.1) is 0 Å². The summed E-state index contributed by atoms with van der Waals surface area (Å²) < 4.78 is 10.7. The molecule has 0 bridgehead atoms. The van der Waals surface area contributed by atoms with E-state index >= 15 is 0 Å². The molecule has 0 aliphatic rings. The zero-order chi connectivity index (χ0) is 13.0. The average Bonchev–Trinajstić information content (AvgIpc) is 2.78. The molecule has 18 heavy (non-hydrogen) atoms. The van der Waals surface area contributed by atoms with Crippen LogP contribution in [0.5, 0.6) is 0 Å². The summed E-state index contributed by atoms with van der Waals surface area (Å²) >= 11 is 0. The molecule has 0 atom stereocenters. The second kappa shape index (κ2) is 5.98. The number of benzene rings is 1. The van der Waals surface area contributed by atoms with Crippen LogP contribution >= 0.6 is 0 Å². The van der Waals surface area contributed by atoms with E-state index in [9.17, 15) is 0 Å². The van der Waals surface area contributed by atoms with Crippen LogP contribution in [-0.4, -0.2) is 25.2 Å². The lowest BCUT2D eigenvalue weighted by Gasteiger charge is -2.03. The van der Waals surface area contributed by atoms with Gasteiger partial charge in [0.2, 0.25) is 0 Å². The number of ether oxygens (including phenoxy) is 1. The van der Waals surface area contributed by atoms with Gasteiger partial charge in [-0.15, -0.1) is 0 Å². The van der Waals surface area contributed by atoms with Crippen molar-refractivity contribution in [3.8, 4) is 0 Å². The largest absolute Gasteiger partial charge is 0.440 e. The van der Waals surface area contributed by atoms with Gasteiger partial charge in [0.05, 0.1) is 6.61 Å². The van der Waals surface area contributed by atoms with Crippen LogP contribution in [0.4, 0.5) is 0 Å². The molecule has 0 spiro atoms. The number of oxazole rings is 1. The van der Waals surface area contributed by atoms with Crippen molar-refractivity contribution in [2.45, 2.75) is 26.3 Å². The summed E-state index contributed by atoms with van der Waals surface area (Å²) in [6, 6.07) is 6.13. The quantitative estimate of drug-likeness (QED) is 0.798. The number of methoxy groups -OCH3 is 1. The van der Waals surface area contributed by atoms with Crippen molar-refractivity contribution in [1.29, 1.82) is 0 Å². The van der Waals surface area contributed by atoms with Crippen molar-refractivity contribution in [1.82, 2.24) is 10.3 Å². The summed E-state index contributed by atoms with van der Waals surface area (Å²) in [7, 11) is 1.70. The predicted molar refractivity (Wildman–Crippen MR) is 71.7 cm³/mol. The van der Waals surface area contributed by atoms with E-state index in [1.807, 2.05) is 6.07 Å². The third kappa shape index (κ3) is 3.09. The van der Waals surface area contributed by atoms with E-state index in [-0.39, 0.29) is 0 Å².